The first-order chi connectivity index (χ1) is 14.0. The monoisotopic (exact) mass is 393 g/mol. The smallest absolute Gasteiger partial charge is 0.251 e. The molecule has 0 aliphatic carbocycles. The zero-order chi connectivity index (χ0) is 20.9. The van der Waals surface area contributed by atoms with Gasteiger partial charge < -0.3 is 15.4 Å². The Balaban J connectivity index is 1.69. The standard InChI is InChI=1S/C24H31N3O2/c1-19(2)6-4-7-20(3)13-17-29-23-11-9-21(10-12-23)24(28)27-16-15-26-22-8-5-14-25-18-22/h5-6,8-14,18,26H,4,7,15-17H2,1-3H3,(H,27,28)/b20-13+. The van der Waals surface area contributed by atoms with Crippen LogP contribution >= 0.6 is 0 Å². The van der Waals surface area contributed by atoms with Crippen molar-refractivity contribution in [1.29, 1.82) is 0 Å². The summed E-state index contributed by atoms with van der Waals surface area (Å²) in [7, 11) is 0. The molecule has 154 valence electrons. The van der Waals surface area contributed by atoms with Crippen LogP contribution in [0.4, 0.5) is 5.69 Å². The van der Waals surface area contributed by atoms with Crippen molar-refractivity contribution in [3.05, 3.63) is 77.7 Å². The van der Waals surface area contributed by atoms with Gasteiger partial charge in [-0.1, -0.05) is 17.2 Å². The summed E-state index contributed by atoms with van der Waals surface area (Å²) >= 11 is 0. The molecule has 2 aromatic rings. The summed E-state index contributed by atoms with van der Waals surface area (Å²) in [5, 5.41) is 6.10. The molecule has 0 atom stereocenters. The molecule has 0 unspecified atom stereocenters. The third-order valence-corrected chi connectivity index (χ3v) is 4.29. The number of benzene rings is 1. The molecule has 1 amide bonds. The number of nitrogens with zero attached hydrogens (tertiary/aromatic N) is 1. The first-order valence-electron chi connectivity index (χ1n) is 9.98. The molecular weight excluding hydrogens is 362 g/mol. The Morgan fingerprint density at radius 2 is 1.86 bits per heavy atom. The summed E-state index contributed by atoms with van der Waals surface area (Å²) in [4.78, 5) is 16.2. The van der Waals surface area contributed by atoms with Crippen molar-refractivity contribution in [2.45, 2.75) is 33.6 Å². The molecule has 5 heteroatoms. The highest BCUT2D eigenvalue weighted by Crippen LogP contribution is 2.13. The van der Waals surface area contributed by atoms with Gasteiger partial charge >= 0.3 is 0 Å². The predicted octanol–water partition coefficient (Wildman–Crippen LogP) is 5.00. The molecule has 5 nitrogen and oxygen atoms in total. The number of amides is 1. The number of hydrogen-bond donors (Lipinski definition) is 2. The number of pyridine rings is 1. The molecule has 0 spiro atoms. The van der Waals surface area contributed by atoms with E-state index in [2.05, 4.69) is 48.5 Å². The molecule has 2 N–H and O–H groups in total. The van der Waals surface area contributed by atoms with E-state index in [0.717, 1.165) is 24.3 Å². The number of allylic oxidation sites excluding steroid dienone is 3. The van der Waals surface area contributed by atoms with E-state index in [1.807, 2.05) is 24.3 Å². The highest BCUT2D eigenvalue weighted by atomic mass is 16.5. The number of carbonyl (C=O) groups excluding carboxylic acids is 1. The van der Waals surface area contributed by atoms with Crippen LogP contribution in [0.25, 0.3) is 0 Å². The molecule has 0 aliphatic heterocycles. The lowest BCUT2D eigenvalue weighted by Crippen LogP contribution is -2.28. The zero-order valence-electron chi connectivity index (χ0n) is 17.6. The molecule has 1 aromatic heterocycles. The van der Waals surface area contributed by atoms with Crippen LogP contribution in [0.2, 0.25) is 0 Å². The summed E-state index contributed by atoms with van der Waals surface area (Å²) in [5.41, 5.74) is 4.22. The zero-order valence-corrected chi connectivity index (χ0v) is 17.6. The van der Waals surface area contributed by atoms with Gasteiger partial charge in [0.15, 0.2) is 0 Å². The van der Waals surface area contributed by atoms with Gasteiger partial charge in [-0.25, -0.2) is 0 Å². The number of aromatic nitrogens is 1. The van der Waals surface area contributed by atoms with Crippen LogP contribution in [0.3, 0.4) is 0 Å². The number of anilines is 1. The van der Waals surface area contributed by atoms with Gasteiger partial charge in [0.05, 0.1) is 5.69 Å². The third-order valence-electron chi connectivity index (χ3n) is 4.29. The minimum absolute atomic E-state index is 0.0976. The lowest BCUT2D eigenvalue weighted by atomic mass is 10.1. The maximum absolute atomic E-state index is 12.2. The summed E-state index contributed by atoms with van der Waals surface area (Å²) in [6.07, 6.45) is 9.94. The second-order valence-electron chi connectivity index (χ2n) is 7.13. The van der Waals surface area contributed by atoms with E-state index in [4.69, 9.17) is 4.74 Å². The van der Waals surface area contributed by atoms with E-state index in [1.165, 1.54) is 11.1 Å². The lowest BCUT2D eigenvalue weighted by molar-refractivity contribution is 0.0955. The van der Waals surface area contributed by atoms with Crippen LogP contribution in [0.1, 0.15) is 44.0 Å². The van der Waals surface area contributed by atoms with E-state index in [1.54, 1.807) is 24.5 Å². The molecule has 0 radical (unpaired) electrons. The molecule has 1 aromatic carbocycles. The average molecular weight is 394 g/mol. The molecule has 2 rings (SSSR count). The minimum atomic E-state index is -0.0976. The highest BCUT2D eigenvalue weighted by molar-refractivity contribution is 5.94. The molecule has 29 heavy (non-hydrogen) atoms. The van der Waals surface area contributed by atoms with Crippen molar-refractivity contribution in [3.8, 4) is 5.75 Å². The first-order valence-corrected chi connectivity index (χ1v) is 9.98. The summed E-state index contributed by atoms with van der Waals surface area (Å²) in [5.74, 6) is 0.660. The number of carbonyl (C=O) groups is 1. The van der Waals surface area contributed by atoms with Crippen molar-refractivity contribution in [2.24, 2.45) is 0 Å². The number of nitrogens with one attached hydrogen (secondary N) is 2. The van der Waals surface area contributed by atoms with Crippen LogP contribution in [-0.2, 0) is 0 Å². The van der Waals surface area contributed by atoms with Gasteiger partial charge in [-0.15, -0.1) is 0 Å². The quantitative estimate of drug-likeness (QED) is 0.417. The van der Waals surface area contributed by atoms with Crippen LogP contribution in [0.5, 0.6) is 5.75 Å². The Morgan fingerprint density at radius 1 is 1.07 bits per heavy atom. The normalized spacial score (nSPS) is 10.9. The molecule has 0 saturated heterocycles. The Morgan fingerprint density at radius 3 is 2.55 bits per heavy atom. The lowest BCUT2D eigenvalue weighted by Gasteiger charge is -2.09. The molecule has 0 fully saturated rings. The van der Waals surface area contributed by atoms with Crippen LogP contribution < -0.4 is 15.4 Å². The predicted molar refractivity (Wildman–Crippen MR) is 119 cm³/mol. The number of ether oxygens (including phenoxy) is 1. The second kappa shape index (κ2) is 12.4. The maximum atomic E-state index is 12.2. The van der Waals surface area contributed by atoms with E-state index >= 15 is 0 Å². The van der Waals surface area contributed by atoms with Crippen molar-refractivity contribution < 1.29 is 9.53 Å². The van der Waals surface area contributed by atoms with E-state index < -0.39 is 0 Å². The summed E-state index contributed by atoms with van der Waals surface area (Å²) in [6.45, 7) is 8.06. The van der Waals surface area contributed by atoms with Crippen molar-refractivity contribution in [2.75, 3.05) is 25.0 Å². The van der Waals surface area contributed by atoms with Gasteiger partial charge in [0.2, 0.25) is 0 Å². The Hall–Kier alpha value is -3.08. The summed E-state index contributed by atoms with van der Waals surface area (Å²) < 4.78 is 5.75. The van der Waals surface area contributed by atoms with Crippen molar-refractivity contribution in [1.82, 2.24) is 10.3 Å². The fraction of sp³-hybridized carbons (Fsp3) is 0.333. The van der Waals surface area contributed by atoms with E-state index in [-0.39, 0.29) is 5.91 Å². The Bertz CT molecular complexity index is 808. The Labute approximate surface area is 173 Å². The number of rotatable bonds is 11. The van der Waals surface area contributed by atoms with E-state index in [9.17, 15) is 4.79 Å². The van der Waals surface area contributed by atoms with Crippen LogP contribution in [0.15, 0.2) is 72.1 Å². The van der Waals surface area contributed by atoms with Crippen LogP contribution in [0, 0.1) is 0 Å². The Kier molecular flexibility index (Phi) is 9.49. The molecule has 1 heterocycles. The second-order valence-corrected chi connectivity index (χ2v) is 7.13. The first kappa shape index (κ1) is 22.2. The van der Waals surface area contributed by atoms with Gasteiger partial charge in [-0.2, -0.15) is 0 Å². The number of hydrogen-bond acceptors (Lipinski definition) is 4. The SMILES string of the molecule is CC(C)=CCC/C(C)=C/COc1ccc(C(=O)NCCNc2cccnc2)cc1. The average Bonchev–Trinajstić information content (AvgIpc) is 2.72. The van der Waals surface area contributed by atoms with Crippen molar-refractivity contribution in [3.63, 3.8) is 0 Å². The molecule has 0 saturated carbocycles. The van der Waals surface area contributed by atoms with Gasteiger partial charge in [0.25, 0.3) is 5.91 Å². The van der Waals surface area contributed by atoms with Gasteiger partial charge in [-0.05, 0) is 76.1 Å². The molecule has 0 bridgehead atoms. The van der Waals surface area contributed by atoms with Crippen LogP contribution in [-0.4, -0.2) is 30.6 Å². The largest absolute Gasteiger partial charge is 0.490 e. The van der Waals surface area contributed by atoms with Gasteiger partial charge in [0, 0.05) is 31.0 Å². The fourth-order valence-corrected chi connectivity index (χ4v) is 2.63. The van der Waals surface area contributed by atoms with Gasteiger partial charge in [0.1, 0.15) is 12.4 Å². The van der Waals surface area contributed by atoms with Gasteiger partial charge in [-0.3, -0.25) is 9.78 Å². The summed E-state index contributed by atoms with van der Waals surface area (Å²) in [6, 6.07) is 11.0. The maximum Gasteiger partial charge on any atom is 0.251 e. The minimum Gasteiger partial charge on any atom is -0.490 e. The topological polar surface area (TPSA) is 63.2 Å². The molecular formula is C24H31N3O2. The third kappa shape index (κ3) is 9.10. The molecule has 0 aliphatic rings. The highest BCUT2D eigenvalue weighted by Gasteiger charge is 2.05. The fourth-order valence-electron chi connectivity index (χ4n) is 2.63. The van der Waals surface area contributed by atoms with E-state index in [0.29, 0.717) is 25.3 Å². The van der Waals surface area contributed by atoms with Crippen molar-refractivity contribution >= 4 is 11.6 Å².